The van der Waals surface area contributed by atoms with E-state index >= 15 is 0 Å². The maximum atomic E-state index is 13.6. The average molecular weight is 265 g/mol. The number of nitrogens with two attached hydrogens (primary N) is 2. The van der Waals surface area contributed by atoms with Gasteiger partial charge in [0.2, 0.25) is 0 Å². The number of carbonyl (C=O) groups excluding carboxylic acids is 1. The van der Waals surface area contributed by atoms with Crippen LogP contribution in [0.2, 0.25) is 0 Å². The number of hydrogen-bond acceptors (Lipinski definition) is 4. The number of hydrogen-bond donors (Lipinski definition) is 3. The van der Waals surface area contributed by atoms with Crippen molar-refractivity contribution in [2.75, 3.05) is 11.1 Å². The third kappa shape index (κ3) is 2.60. The lowest BCUT2D eigenvalue weighted by molar-refractivity contribution is 0.100. The van der Waals surface area contributed by atoms with Gasteiger partial charge in [-0.25, -0.2) is 4.39 Å². The largest absolute Gasteiger partial charge is 0.398 e. The molecule has 4 nitrogen and oxygen atoms in total. The molecule has 1 aromatic heterocycles. The zero-order valence-corrected chi connectivity index (χ0v) is 10.3. The molecular weight excluding hydrogens is 253 g/mol. The monoisotopic (exact) mass is 265 g/mol. The molecule has 0 aliphatic heterocycles. The molecule has 0 fully saturated rings. The van der Waals surface area contributed by atoms with Gasteiger partial charge in [-0.2, -0.15) is 0 Å². The second-order valence-electron chi connectivity index (χ2n) is 3.72. The Bertz CT molecular complexity index is 569. The zero-order chi connectivity index (χ0) is 13.1. The molecule has 5 N–H and O–H groups in total. The minimum Gasteiger partial charge on any atom is -0.398 e. The third-order valence-electron chi connectivity index (χ3n) is 2.44. The van der Waals surface area contributed by atoms with Crippen LogP contribution >= 0.6 is 11.3 Å². The van der Waals surface area contributed by atoms with Crippen molar-refractivity contribution in [2.45, 2.75) is 6.54 Å². The second-order valence-corrected chi connectivity index (χ2v) is 4.75. The maximum Gasteiger partial charge on any atom is 0.250 e. The number of anilines is 2. The molecule has 2 aromatic rings. The number of halogens is 1. The van der Waals surface area contributed by atoms with E-state index in [1.807, 2.05) is 17.5 Å². The molecule has 0 bridgehead atoms. The van der Waals surface area contributed by atoms with E-state index in [1.165, 1.54) is 6.07 Å². The topological polar surface area (TPSA) is 81.1 Å². The summed E-state index contributed by atoms with van der Waals surface area (Å²) in [5.74, 6) is -1.18. The molecule has 0 aliphatic rings. The lowest BCUT2D eigenvalue weighted by Crippen LogP contribution is -2.14. The minimum atomic E-state index is -0.674. The fraction of sp³-hybridized carbons (Fsp3) is 0.0833. The van der Waals surface area contributed by atoms with Gasteiger partial charge in [-0.3, -0.25) is 4.79 Å². The van der Waals surface area contributed by atoms with Crippen LogP contribution in [0.4, 0.5) is 15.8 Å². The van der Waals surface area contributed by atoms with Gasteiger partial charge in [0, 0.05) is 17.1 Å². The van der Waals surface area contributed by atoms with Gasteiger partial charge in [-0.1, -0.05) is 6.07 Å². The first-order valence-electron chi connectivity index (χ1n) is 5.23. The Kier molecular flexibility index (Phi) is 3.47. The number of rotatable bonds is 4. The number of amides is 1. The Labute approximate surface area is 107 Å². The quantitative estimate of drug-likeness (QED) is 0.741. The van der Waals surface area contributed by atoms with Gasteiger partial charge in [0.1, 0.15) is 5.82 Å². The summed E-state index contributed by atoms with van der Waals surface area (Å²) in [6.45, 7) is 0.483. The summed E-state index contributed by atoms with van der Waals surface area (Å²) in [7, 11) is 0. The molecule has 0 saturated carbocycles. The minimum absolute atomic E-state index is 0.0432. The molecule has 0 aliphatic carbocycles. The first-order valence-corrected chi connectivity index (χ1v) is 6.11. The smallest absolute Gasteiger partial charge is 0.250 e. The maximum absolute atomic E-state index is 13.6. The van der Waals surface area contributed by atoms with Gasteiger partial charge in [-0.05, 0) is 23.6 Å². The molecule has 1 amide bonds. The Morgan fingerprint density at radius 3 is 2.83 bits per heavy atom. The Hall–Kier alpha value is -2.08. The number of nitrogen functional groups attached to an aromatic ring is 1. The summed E-state index contributed by atoms with van der Waals surface area (Å²) >= 11 is 1.56. The first-order chi connectivity index (χ1) is 8.58. The van der Waals surface area contributed by atoms with Gasteiger partial charge in [-0.15, -0.1) is 11.3 Å². The van der Waals surface area contributed by atoms with Crippen molar-refractivity contribution in [1.82, 2.24) is 0 Å². The van der Waals surface area contributed by atoms with Crippen molar-refractivity contribution < 1.29 is 9.18 Å². The Morgan fingerprint density at radius 2 is 2.22 bits per heavy atom. The van der Waals surface area contributed by atoms with Crippen LogP contribution in [-0.4, -0.2) is 5.91 Å². The van der Waals surface area contributed by atoms with Crippen LogP contribution in [0, 0.1) is 5.82 Å². The Morgan fingerprint density at radius 1 is 1.44 bits per heavy atom. The number of benzene rings is 1. The van der Waals surface area contributed by atoms with Gasteiger partial charge in [0.05, 0.1) is 11.3 Å². The fourth-order valence-electron chi connectivity index (χ4n) is 1.53. The van der Waals surface area contributed by atoms with Crippen LogP contribution in [-0.2, 0) is 6.54 Å². The second kappa shape index (κ2) is 5.05. The predicted molar refractivity (Wildman–Crippen MR) is 71.0 cm³/mol. The molecule has 0 unspecified atom stereocenters. The molecule has 94 valence electrons. The van der Waals surface area contributed by atoms with E-state index in [-0.39, 0.29) is 16.9 Å². The van der Waals surface area contributed by atoms with E-state index in [2.05, 4.69) is 5.32 Å². The van der Waals surface area contributed by atoms with Crippen LogP contribution < -0.4 is 16.8 Å². The summed E-state index contributed by atoms with van der Waals surface area (Å²) in [6.07, 6.45) is 0. The van der Waals surface area contributed by atoms with Crippen LogP contribution in [0.1, 0.15) is 15.2 Å². The molecule has 6 heteroatoms. The molecule has 1 aromatic carbocycles. The Balaban J connectivity index is 2.22. The van der Waals surface area contributed by atoms with E-state index in [9.17, 15) is 9.18 Å². The zero-order valence-electron chi connectivity index (χ0n) is 9.44. The predicted octanol–water partition coefficient (Wildman–Crippen LogP) is 2.18. The van der Waals surface area contributed by atoms with Gasteiger partial charge in [0.25, 0.3) is 5.91 Å². The van der Waals surface area contributed by atoms with Crippen molar-refractivity contribution in [3.05, 3.63) is 45.9 Å². The molecule has 18 heavy (non-hydrogen) atoms. The highest BCUT2D eigenvalue weighted by atomic mass is 32.1. The molecular formula is C12H12FN3OS. The SMILES string of the molecule is NC(=O)c1cc(NCc2cccs2)c(F)cc1N. The number of primary amides is 1. The van der Waals surface area contributed by atoms with E-state index in [1.54, 1.807) is 11.3 Å². The highest BCUT2D eigenvalue weighted by molar-refractivity contribution is 7.09. The lowest BCUT2D eigenvalue weighted by atomic mass is 10.1. The van der Waals surface area contributed by atoms with E-state index < -0.39 is 11.7 Å². The number of nitrogens with one attached hydrogen (secondary N) is 1. The van der Waals surface area contributed by atoms with Crippen LogP contribution in [0.25, 0.3) is 0 Å². The fourth-order valence-corrected chi connectivity index (χ4v) is 2.18. The van der Waals surface area contributed by atoms with Crippen molar-refractivity contribution in [3.63, 3.8) is 0 Å². The highest BCUT2D eigenvalue weighted by Crippen LogP contribution is 2.23. The van der Waals surface area contributed by atoms with Crippen molar-refractivity contribution in [3.8, 4) is 0 Å². The van der Waals surface area contributed by atoms with Crippen LogP contribution in [0.3, 0.4) is 0 Å². The normalized spacial score (nSPS) is 10.3. The summed E-state index contributed by atoms with van der Waals surface area (Å²) in [6, 6.07) is 6.27. The van der Waals surface area contributed by atoms with Crippen molar-refractivity contribution >= 4 is 28.6 Å². The molecule has 1 heterocycles. The van der Waals surface area contributed by atoms with Crippen molar-refractivity contribution in [2.24, 2.45) is 5.73 Å². The summed E-state index contributed by atoms with van der Waals surface area (Å²) in [5, 5.41) is 4.85. The first kappa shape index (κ1) is 12.4. The third-order valence-corrected chi connectivity index (χ3v) is 3.31. The molecule has 2 rings (SSSR count). The number of thiophene rings is 1. The summed E-state index contributed by atoms with van der Waals surface area (Å²) in [4.78, 5) is 12.2. The molecule has 0 saturated heterocycles. The lowest BCUT2D eigenvalue weighted by Gasteiger charge is -2.09. The van der Waals surface area contributed by atoms with Crippen LogP contribution in [0.5, 0.6) is 0 Å². The van der Waals surface area contributed by atoms with Gasteiger partial charge >= 0.3 is 0 Å². The highest BCUT2D eigenvalue weighted by Gasteiger charge is 2.11. The van der Waals surface area contributed by atoms with E-state index in [0.717, 1.165) is 10.9 Å². The number of carbonyl (C=O) groups is 1. The van der Waals surface area contributed by atoms with E-state index in [4.69, 9.17) is 11.5 Å². The summed E-state index contributed by atoms with van der Waals surface area (Å²) < 4.78 is 13.6. The van der Waals surface area contributed by atoms with Gasteiger partial charge in [0.15, 0.2) is 0 Å². The molecule has 0 spiro atoms. The van der Waals surface area contributed by atoms with E-state index in [0.29, 0.717) is 6.54 Å². The molecule has 0 atom stereocenters. The standard InChI is InChI=1S/C12H12FN3OS/c13-9-5-10(14)8(12(15)17)4-11(9)16-6-7-2-1-3-18-7/h1-5,16H,6,14H2,(H2,15,17). The molecule has 0 radical (unpaired) electrons. The average Bonchev–Trinajstić information content (AvgIpc) is 2.80. The van der Waals surface area contributed by atoms with Gasteiger partial charge < -0.3 is 16.8 Å². The summed E-state index contributed by atoms with van der Waals surface area (Å²) in [5.41, 5.74) is 11.0. The van der Waals surface area contributed by atoms with Crippen molar-refractivity contribution in [1.29, 1.82) is 0 Å². The van der Waals surface area contributed by atoms with Crippen LogP contribution in [0.15, 0.2) is 29.6 Å².